The van der Waals surface area contributed by atoms with Crippen LogP contribution in [0.15, 0.2) is 0 Å². The predicted octanol–water partition coefficient (Wildman–Crippen LogP) is 1.07. The molecular formula is C12H24N2O3. The van der Waals surface area contributed by atoms with E-state index >= 15 is 0 Å². The molecule has 5 heteroatoms. The molecule has 0 aromatic rings. The molecule has 0 saturated heterocycles. The van der Waals surface area contributed by atoms with Gasteiger partial charge >= 0.3 is 5.97 Å². The first-order valence-corrected chi connectivity index (χ1v) is 5.90. The van der Waals surface area contributed by atoms with Crippen molar-refractivity contribution in [3.05, 3.63) is 0 Å². The van der Waals surface area contributed by atoms with Crippen molar-refractivity contribution in [1.82, 2.24) is 4.90 Å². The average Bonchev–Trinajstić information content (AvgIpc) is 2.21. The number of aliphatic carboxylic acids is 1. The second-order valence-corrected chi connectivity index (χ2v) is 5.40. The summed E-state index contributed by atoms with van der Waals surface area (Å²) < 4.78 is 0. The van der Waals surface area contributed by atoms with Crippen molar-refractivity contribution in [1.29, 1.82) is 0 Å². The van der Waals surface area contributed by atoms with Crippen LogP contribution in [0.5, 0.6) is 0 Å². The zero-order valence-corrected chi connectivity index (χ0v) is 11.4. The summed E-state index contributed by atoms with van der Waals surface area (Å²) >= 11 is 0. The Labute approximate surface area is 103 Å². The van der Waals surface area contributed by atoms with E-state index in [1.54, 1.807) is 20.8 Å². The molecule has 0 heterocycles. The second-order valence-electron chi connectivity index (χ2n) is 5.40. The fraction of sp³-hybridized carbons (Fsp3) is 0.833. The Hall–Kier alpha value is -1.10. The van der Waals surface area contributed by atoms with Crippen molar-refractivity contribution < 1.29 is 14.7 Å². The molecule has 0 aliphatic carbocycles. The van der Waals surface area contributed by atoms with Gasteiger partial charge in [0.1, 0.15) is 6.54 Å². The Morgan fingerprint density at radius 3 is 2.12 bits per heavy atom. The minimum Gasteiger partial charge on any atom is -0.480 e. The summed E-state index contributed by atoms with van der Waals surface area (Å²) in [5, 5.41) is 8.84. The summed E-state index contributed by atoms with van der Waals surface area (Å²) in [6, 6.07) is -0.640. The molecule has 0 rings (SSSR count). The van der Waals surface area contributed by atoms with Gasteiger partial charge in [-0.3, -0.25) is 9.59 Å². The molecule has 0 aromatic carbocycles. The molecule has 0 fully saturated rings. The van der Waals surface area contributed by atoms with Gasteiger partial charge in [0.25, 0.3) is 0 Å². The van der Waals surface area contributed by atoms with Gasteiger partial charge in [0.15, 0.2) is 0 Å². The number of carboxylic acid groups (broad SMARTS) is 1. The number of carbonyl (C=O) groups is 2. The van der Waals surface area contributed by atoms with Gasteiger partial charge in [0.05, 0.1) is 6.04 Å². The smallest absolute Gasteiger partial charge is 0.323 e. The Bertz CT molecular complexity index is 284. The molecule has 0 saturated carbocycles. The summed E-state index contributed by atoms with van der Waals surface area (Å²) in [4.78, 5) is 24.3. The van der Waals surface area contributed by atoms with Crippen molar-refractivity contribution in [2.45, 2.75) is 52.6 Å². The number of rotatable bonds is 5. The maximum Gasteiger partial charge on any atom is 0.323 e. The summed E-state index contributed by atoms with van der Waals surface area (Å²) in [6.45, 7) is 8.94. The molecule has 0 aromatic heterocycles. The van der Waals surface area contributed by atoms with E-state index in [0.717, 1.165) is 6.42 Å². The van der Waals surface area contributed by atoms with Crippen molar-refractivity contribution in [2.75, 3.05) is 6.54 Å². The zero-order valence-electron chi connectivity index (χ0n) is 11.4. The van der Waals surface area contributed by atoms with Crippen LogP contribution in [0.2, 0.25) is 0 Å². The molecule has 2 atom stereocenters. The fourth-order valence-electron chi connectivity index (χ4n) is 1.46. The first-order valence-electron chi connectivity index (χ1n) is 5.90. The van der Waals surface area contributed by atoms with E-state index in [1.165, 1.54) is 4.90 Å². The number of hydrogen-bond acceptors (Lipinski definition) is 3. The van der Waals surface area contributed by atoms with Gasteiger partial charge in [-0.05, 0) is 26.7 Å². The second kappa shape index (κ2) is 6.00. The van der Waals surface area contributed by atoms with E-state index in [0.29, 0.717) is 0 Å². The van der Waals surface area contributed by atoms with Crippen LogP contribution in [0.25, 0.3) is 0 Å². The highest BCUT2D eigenvalue weighted by molar-refractivity contribution is 5.86. The third kappa shape index (κ3) is 4.73. The van der Waals surface area contributed by atoms with Crippen LogP contribution in [-0.4, -0.2) is 40.0 Å². The molecule has 1 amide bonds. The van der Waals surface area contributed by atoms with Crippen LogP contribution >= 0.6 is 0 Å². The molecule has 2 unspecified atom stereocenters. The number of carboxylic acids is 1. The minimum atomic E-state index is -1.02. The Morgan fingerprint density at radius 2 is 1.82 bits per heavy atom. The maximum absolute atomic E-state index is 12.2. The molecule has 5 nitrogen and oxygen atoms in total. The van der Waals surface area contributed by atoms with E-state index < -0.39 is 17.6 Å². The van der Waals surface area contributed by atoms with Gasteiger partial charge in [0.2, 0.25) is 5.91 Å². The van der Waals surface area contributed by atoms with Crippen molar-refractivity contribution in [2.24, 2.45) is 11.7 Å². The zero-order chi connectivity index (χ0) is 13.8. The summed E-state index contributed by atoms with van der Waals surface area (Å²) in [6.07, 6.45) is 0.790. The molecule has 0 aliphatic heterocycles. The molecule has 0 aliphatic rings. The number of nitrogens with zero attached hydrogens (tertiary/aromatic N) is 1. The molecule has 0 spiro atoms. The molecule has 3 N–H and O–H groups in total. The maximum atomic E-state index is 12.2. The molecular weight excluding hydrogens is 220 g/mol. The lowest BCUT2D eigenvalue weighted by Crippen LogP contribution is -2.55. The fourth-order valence-corrected chi connectivity index (χ4v) is 1.46. The average molecular weight is 244 g/mol. The Morgan fingerprint density at radius 1 is 1.35 bits per heavy atom. The predicted molar refractivity (Wildman–Crippen MR) is 66.5 cm³/mol. The third-order valence-corrected chi connectivity index (χ3v) is 2.91. The van der Waals surface area contributed by atoms with E-state index in [9.17, 15) is 9.59 Å². The summed E-state index contributed by atoms with van der Waals surface area (Å²) in [5.74, 6) is -1.28. The highest BCUT2D eigenvalue weighted by Gasteiger charge is 2.33. The van der Waals surface area contributed by atoms with Crippen molar-refractivity contribution in [3.8, 4) is 0 Å². The number of carbonyl (C=O) groups excluding carboxylic acids is 1. The van der Waals surface area contributed by atoms with Crippen LogP contribution in [0.4, 0.5) is 0 Å². The molecule has 17 heavy (non-hydrogen) atoms. The monoisotopic (exact) mass is 244 g/mol. The van der Waals surface area contributed by atoms with Gasteiger partial charge in [-0.1, -0.05) is 20.3 Å². The summed E-state index contributed by atoms with van der Waals surface area (Å²) in [7, 11) is 0. The van der Waals surface area contributed by atoms with Crippen LogP contribution in [-0.2, 0) is 9.59 Å². The molecule has 0 radical (unpaired) electrons. The largest absolute Gasteiger partial charge is 0.480 e. The standard InChI is InChI=1S/C12H24N2O3/c1-6-8(2)10(13)11(17)14(7-9(15)16)12(3,4)5/h8,10H,6-7,13H2,1-5H3,(H,15,16). The van der Waals surface area contributed by atoms with Gasteiger partial charge in [-0.2, -0.15) is 0 Å². The first kappa shape index (κ1) is 15.9. The number of nitrogens with two attached hydrogens (primary N) is 1. The quantitative estimate of drug-likeness (QED) is 0.757. The number of amides is 1. The topological polar surface area (TPSA) is 83.6 Å². The lowest BCUT2D eigenvalue weighted by atomic mass is 9.96. The van der Waals surface area contributed by atoms with Gasteiger partial charge < -0.3 is 15.7 Å². The summed E-state index contributed by atoms with van der Waals surface area (Å²) in [5.41, 5.74) is 5.32. The normalized spacial score (nSPS) is 15.2. The van der Waals surface area contributed by atoms with E-state index in [-0.39, 0.29) is 18.4 Å². The Balaban J connectivity index is 4.94. The van der Waals surface area contributed by atoms with Crippen LogP contribution in [0.1, 0.15) is 41.0 Å². The van der Waals surface area contributed by atoms with Gasteiger partial charge in [0, 0.05) is 5.54 Å². The van der Waals surface area contributed by atoms with Crippen molar-refractivity contribution in [3.63, 3.8) is 0 Å². The third-order valence-electron chi connectivity index (χ3n) is 2.91. The van der Waals surface area contributed by atoms with Gasteiger partial charge in [-0.15, -0.1) is 0 Å². The van der Waals surface area contributed by atoms with Crippen LogP contribution < -0.4 is 5.73 Å². The Kier molecular flexibility index (Phi) is 5.61. The van der Waals surface area contributed by atoms with E-state index in [2.05, 4.69) is 0 Å². The molecule has 100 valence electrons. The van der Waals surface area contributed by atoms with Crippen LogP contribution in [0.3, 0.4) is 0 Å². The van der Waals surface area contributed by atoms with Gasteiger partial charge in [-0.25, -0.2) is 0 Å². The molecule has 0 bridgehead atoms. The van der Waals surface area contributed by atoms with Crippen LogP contribution in [0, 0.1) is 5.92 Å². The number of hydrogen-bond donors (Lipinski definition) is 2. The lowest BCUT2D eigenvalue weighted by molar-refractivity contribution is -0.149. The first-order chi connectivity index (χ1) is 7.61. The SMILES string of the molecule is CCC(C)C(N)C(=O)N(CC(=O)O)C(C)(C)C. The van der Waals surface area contributed by atoms with Crippen molar-refractivity contribution >= 4 is 11.9 Å². The highest BCUT2D eigenvalue weighted by atomic mass is 16.4. The highest BCUT2D eigenvalue weighted by Crippen LogP contribution is 2.17. The van der Waals surface area contributed by atoms with E-state index in [4.69, 9.17) is 10.8 Å². The van der Waals surface area contributed by atoms with E-state index in [1.807, 2.05) is 13.8 Å². The lowest BCUT2D eigenvalue weighted by Gasteiger charge is -2.37. The minimum absolute atomic E-state index is 0.0427.